The number of hydrogen-bond acceptors (Lipinski definition) is 3. The van der Waals surface area contributed by atoms with Gasteiger partial charge in [-0.25, -0.2) is 4.98 Å². The minimum absolute atomic E-state index is 0.0613. The van der Waals surface area contributed by atoms with Crippen molar-refractivity contribution in [2.75, 3.05) is 6.61 Å². The molecule has 0 unspecified atom stereocenters. The zero-order valence-corrected chi connectivity index (χ0v) is 9.52. The van der Waals surface area contributed by atoms with Gasteiger partial charge in [0, 0.05) is 21.4 Å². The summed E-state index contributed by atoms with van der Waals surface area (Å²) in [6.07, 6.45) is 3.59. The normalized spacial score (nSPS) is 13.4. The molecule has 2 rings (SSSR count). The first-order chi connectivity index (χ1) is 6.72. The van der Waals surface area contributed by atoms with Gasteiger partial charge in [0.05, 0.1) is 12.6 Å². The predicted octanol–water partition coefficient (Wildman–Crippen LogP) is 1.16. The van der Waals surface area contributed by atoms with Crippen molar-refractivity contribution in [3.63, 3.8) is 0 Å². The summed E-state index contributed by atoms with van der Waals surface area (Å²) >= 11 is 2.23. The molecule has 0 saturated carbocycles. The Morgan fingerprint density at radius 3 is 3.14 bits per heavy atom. The Morgan fingerprint density at radius 2 is 2.43 bits per heavy atom. The van der Waals surface area contributed by atoms with Crippen LogP contribution in [-0.2, 0) is 0 Å². The number of fused-ring (bicyclic) bond motifs is 1. The molecule has 0 fully saturated rings. The topological polar surface area (TPSA) is 74.9 Å². The molecule has 0 aromatic carbocycles. The number of halogens is 1. The Hall–Kier alpha value is -0.660. The van der Waals surface area contributed by atoms with Gasteiger partial charge < -0.3 is 15.8 Å². The van der Waals surface area contributed by atoms with Crippen LogP contribution in [0.4, 0.5) is 0 Å². The maximum Gasteiger partial charge on any atom is 0.138 e. The van der Waals surface area contributed by atoms with E-state index in [2.05, 4.69) is 32.6 Å². The van der Waals surface area contributed by atoms with E-state index in [4.69, 9.17) is 10.8 Å². The molecule has 4 nitrogen and oxygen atoms in total. The fraction of sp³-hybridized carbons (Fsp3) is 0.222. The molecule has 2 heterocycles. The van der Waals surface area contributed by atoms with Crippen LogP contribution in [0.1, 0.15) is 11.6 Å². The molecule has 0 spiro atoms. The quantitative estimate of drug-likeness (QED) is 0.729. The van der Waals surface area contributed by atoms with Crippen molar-refractivity contribution >= 4 is 33.6 Å². The van der Waals surface area contributed by atoms with Crippen molar-refractivity contribution in [3.05, 3.63) is 27.6 Å². The van der Waals surface area contributed by atoms with Crippen molar-refractivity contribution in [1.29, 1.82) is 0 Å². The lowest BCUT2D eigenvalue weighted by Gasteiger charge is -2.07. The van der Waals surface area contributed by atoms with E-state index >= 15 is 0 Å². The number of rotatable bonds is 2. The van der Waals surface area contributed by atoms with Gasteiger partial charge >= 0.3 is 0 Å². The molecular weight excluding hydrogens is 293 g/mol. The highest BCUT2D eigenvalue weighted by Gasteiger charge is 2.08. The zero-order valence-electron chi connectivity index (χ0n) is 7.37. The molecule has 0 radical (unpaired) electrons. The monoisotopic (exact) mass is 303 g/mol. The van der Waals surface area contributed by atoms with E-state index in [1.54, 1.807) is 6.20 Å². The molecule has 1 atom stereocenters. The van der Waals surface area contributed by atoms with Crippen molar-refractivity contribution in [2.24, 2.45) is 5.73 Å². The summed E-state index contributed by atoms with van der Waals surface area (Å²) in [7, 11) is 0. The first-order valence-electron chi connectivity index (χ1n) is 4.21. The minimum atomic E-state index is -0.349. The van der Waals surface area contributed by atoms with Crippen LogP contribution in [0.15, 0.2) is 18.5 Å². The first-order valence-corrected chi connectivity index (χ1v) is 5.29. The second kappa shape index (κ2) is 3.84. The van der Waals surface area contributed by atoms with Crippen molar-refractivity contribution in [2.45, 2.75) is 6.04 Å². The number of pyridine rings is 1. The number of aromatic amines is 1. The smallest absolute Gasteiger partial charge is 0.138 e. The van der Waals surface area contributed by atoms with Crippen LogP contribution in [0.3, 0.4) is 0 Å². The van der Waals surface area contributed by atoms with Gasteiger partial charge in [-0.2, -0.15) is 0 Å². The molecule has 4 N–H and O–H groups in total. The summed E-state index contributed by atoms with van der Waals surface area (Å²) in [6.45, 7) is -0.0613. The lowest BCUT2D eigenvalue weighted by Crippen LogP contribution is -2.14. The zero-order chi connectivity index (χ0) is 10.1. The molecule has 0 bridgehead atoms. The molecule has 0 aliphatic heterocycles. The number of hydrogen-bond donors (Lipinski definition) is 3. The van der Waals surface area contributed by atoms with Crippen LogP contribution in [0.5, 0.6) is 0 Å². The number of aromatic nitrogens is 2. The molecule has 74 valence electrons. The number of H-pyrrole nitrogens is 1. The lowest BCUT2D eigenvalue weighted by atomic mass is 10.1. The number of nitrogens with two attached hydrogens (primary N) is 1. The van der Waals surface area contributed by atoms with Gasteiger partial charge in [0.15, 0.2) is 0 Å². The largest absolute Gasteiger partial charge is 0.394 e. The molecule has 14 heavy (non-hydrogen) atoms. The Bertz CT molecular complexity index is 454. The molecule has 0 amide bonds. The van der Waals surface area contributed by atoms with Gasteiger partial charge in [-0.3, -0.25) is 0 Å². The fourth-order valence-corrected chi connectivity index (χ4v) is 1.86. The molecule has 0 saturated heterocycles. The van der Waals surface area contributed by atoms with Crippen LogP contribution < -0.4 is 5.73 Å². The maximum absolute atomic E-state index is 8.92. The van der Waals surface area contributed by atoms with Crippen molar-refractivity contribution in [1.82, 2.24) is 9.97 Å². The van der Waals surface area contributed by atoms with Gasteiger partial charge in [0.2, 0.25) is 0 Å². The van der Waals surface area contributed by atoms with Crippen LogP contribution >= 0.6 is 22.6 Å². The second-order valence-electron chi connectivity index (χ2n) is 3.09. The highest BCUT2D eigenvalue weighted by molar-refractivity contribution is 14.1. The highest BCUT2D eigenvalue weighted by Crippen LogP contribution is 2.21. The number of nitrogens with one attached hydrogen (secondary N) is 1. The molecule has 0 aliphatic carbocycles. The van der Waals surface area contributed by atoms with Crippen LogP contribution in [0.2, 0.25) is 0 Å². The van der Waals surface area contributed by atoms with E-state index in [1.165, 1.54) is 0 Å². The number of aliphatic hydroxyl groups excluding tert-OH is 1. The molecule has 2 aromatic rings. The minimum Gasteiger partial charge on any atom is -0.394 e. The summed E-state index contributed by atoms with van der Waals surface area (Å²) in [4.78, 5) is 7.27. The molecule has 5 heteroatoms. The fourth-order valence-electron chi connectivity index (χ4n) is 1.30. The van der Waals surface area contributed by atoms with Gasteiger partial charge in [-0.1, -0.05) is 0 Å². The van der Waals surface area contributed by atoms with E-state index in [1.807, 2.05) is 12.3 Å². The molecule has 0 aliphatic rings. The number of aliphatic hydroxyl groups is 1. The van der Waals surface area contributed by atoms with Gasteiger partial charge in [-0.15, -0.1) is 0 Å². The Kier molecular flexibility index (Phi) is 2.71. The Balaban J connectivity index is 2.54. The van der Waals surface area contributed by atoms with Crippen molar-refractivity contribution in [3.8, 4) is 0 Å². The summed E-state index contributed by atoms with van der Waals surface area (Å²) in [6, 6.07) is 1.61. The van der Waals surface area contributed by atoms with Crippen LogP contribution in [-0.4, -0.2) is 21.7 Å². The third-order valence-corrected chi connectivity index (χ3v) is 3.02. The number of nitrogens with zero attached hydrogens (tertiary/aromatic N) is 1. The summed E-state index contributed by atoms with van der Waals surface area (Å²) in [5, 5.41) is 9.97. The molecule has 2 aromatic heterocycles. The van der Waals surface area contributed by atoms with Crippen LogP contribution in [0, 0.1) is 3.57 Å². The van der Waals surface area contributed by atoms with E-state index in [9.17, 15) is 0 Å². The van der Waals surface area contributed by atoms with Crippen LogP contribution in [0.25, 0.3) is 11.0 Å². The van der Waals surface area contributed by atoms with E-state index in [0.29, 0.717) is 0 Å². The SMILES string of the molecule is N[C@@H](CO)c1cnc2[nH]cc(I)c2c1. The first kappa shape index (κ1) is 9.88. The summed E-state index contributed by atoms with van der Waals surface area (Å²) in [5.41, 5.74) is 7.41. The van der Waals surface area contributed by atoms with Gasteiger partial charge in [-0.05, 0) is 34.2 Å². The third-order valence-electron chi connectivity index (χ3n) is 2.13. The predicted molar refractivity (Wildman–Crippen MR) is 62.8 cm³/mol. The standard InChI is InChI=1S/C9H10IN3O/c10-7-3-13-9-6(7)1-5(2-12-9)8(11)4-14/h1-3,8,14H,4,11H2,(H,12,13)/t8-/m0/s1. The highest BCUT2D eigenvalue weighted by atomic mass is 127. The van der Waals surface area contributed by atoms with Gasteiger partial charge in [0.1, 0.15) is 5.65 Å². The van der Waals surface area contributed by atoms with E-state index in [0.717, 1.165) is 20.2 Å². The van der Waals surface area contributed by atoms with Gasteiger partial charge in [0.25, 0.3) is 0 Å². The average Bonchev–Trinajstić information content (AvgIpc) is 2.59. The van der Waals surface area contributed by atoms with E-state index in [-0.39, 0.29) is 12.6 Å². The second-order valence-corrected chi connectivity index (χ2v) is 4.25. The molecular formula is C9H10IN3O. The van der Waals surface area contributed by atoms with Crippen molar-refractivity contribution < 1.29 is 5.11 Å². The Labute approximate surface area is 94.7 Å². The summed E-state index contributed by atoms with van der Waals surface area (Å²) < 4.78 is 1.11. The third kappa shape index (κ3) is 1.62. The average molecular weight is 303 g/mol. The summed E-state index contributed by atoms with van der Waals surface area (Å²) in [5.74, 6) is 0. The Morgan fingerprint density at radius 1 is 1.64 bits per heavy atom. The maximum atomic E-state index is 8.92. The van der Waals surface area contributed by atoms with E-state index < -0.39 is 0 Å². The lowest BCUT2D eigenvalue weighted by molar-refractivity contribution is 0.268.